The summed E-state index contributed by atoms with van der Waals surface area (Å²) in [6.07, 6.45) is 13.0. The summed E-state index contributed by atoms with van der Waals surface area (Å²) in [5.74, 6) is 1.49. The zero-order valence-electron chi connectivity index (χ0n) is 31.0. The standard InChI is InChI=1S/C43H52N8O2/c1-27-15-31(34-9-7-29(21-44)40-36(34)5-3-13-48-40)25-50(23-27)39(53)20-43(46)18-33(43)17-28-16-32(26-51(24-28)38(52)19-42(45)11-12-42)35-10-8-30(22-47-2)41-37(35)6-4-14-49-41/h3-10,13-14,21-22,27-28,31-33,44H,11-12,15-20,23-26,45-46H2,1-2H3/b44-21?,47-22-/t27-,28-,31+,32+,33?,43?/m1/s1. The first-order chi connectivity index (χ1) is 25.6. The first-order valence-electron chi connectivity index (χ1n) is 19.4. The zero-order valence-corrected chi connectivity index (χ0v) is 31.0. The van der Waals surface area contributed by atoms with Crippen molar-refractivity contribution in [1.82, 2.24) is 19.8 Å². The van der Waals surface area contributed by atoms with Crippen LogP contribution in [0, 0.1) is 23.2 Å². The second-order valence-corrected chi connectivity index (χ2v) is 16.8. The van der Waals surface area contributed by atoms with Gasteiger partial charge in [0, 0.05) is 116 Å². The monoisotopic (exact) mass is 712 g/mol. The van der Waals surface area contributed by atoms with Gasteiger partial charge in [-0.05, 0) is 79.5 Å². The molecule has 0 radical (unpaired) electrons. The first-order valence-corrected chi connectivity index (χ1v) is 19.4. The Morgan fingerprint density at radius 1 is 0.849 bits per heavy atom. The number of pyridine rings is 2. The molecule has 2 aromatic carbocycles. The minimum atomic E-state index is -0.523. The van der Waals surface area contributed by atoms with E-state index in [9.17, 15) is 9.59 Å². The summed E-state index contributed by atoms with van der Waals surface area (Å²) < 4.78 is 0. The van der Waals surface area contributed by atoms with Crippen LogP contribution in [0.5, 0.6) is 0 Å². The molecule has 6 atom stereocenters. The van der Waals surface area contributed by atoms with Crippen molar-refractivity contribution in [1.29, 1.82) is 5.41 Å². The SMILES string of the molecule is C/N=C\c1ccc([C@H]2C[C@H](CC3CC3(N)CC(=O)N3C[C@H](C)C[C@H](c4ccc(C=N)c5ncccc45)C3)CN(C(=O)CC3(N)CC3)C2)c2cccnc12. The maximum atomic E-state index is 14.0. The Balaban J connectivity index is 0.973. The van der Waals surface area contributed by atoms with Crippen LogP contribution in [0.3, 0.4) is 0 Å². The zero-order chi connectivity index (χ0) is 36.9. The van der Waals surface area contributed by atoms with E-state index in [0.717, 1.165) is 78.0 Å². The molecule has 2 saturated heterocycles. The molecule has 2 aliphatic heterocycles. The second kappa shape index (κ2) is 14.0. The Hall–Kier alpha value is -4.54. The normalized spacial score (nSPS) is 28.0. The highest BCUT2D eigenvalue weighted by molar-refractivity contribution is 5.99. The van der Waals surface area contributed by atoms with Crippen molar-refractivity contribution in [2.24, 2.45) is 34.2 Å². The quantitative estimate of drug-likeness (QED) is 0.177. The number of aliphatic imine (C=N–C) groups is 1. The van der Waals surface area contributed by atoms with Crippen molar-refractivity contribution in [3.8, 4) is 0 Å². The Morgan fingerprint density at radius 3 is 2.09 bits per heavy atom. The van der Waals surface area contributed by atoms with Crippen molar-refractivity contribution in [3.63, 3.8) is 0 Å². The number of likely N-dealkylation sites (tertiary alicyclic amines) is 2. The Labute approximate surface area is 311 Å². The summed E-state index contributed by atoms with van der Waals surface area (Å²) in [5, 5.41) is 10.0. The van der Waals surface area contributed by atoms with Crippen molar-refractivity contribution in [2.45, 2.75) is 81.2 Å². The molecule has 2 amide bonds. The van der Waals surface area contributed by atoms with Crippen LogP contribution in [0.4, 0.5) is 0 Å². The maximum absolute atomic E-state index is 14.0. The van der Waals surface area contributed by atoms with Gasteiger partial charge in [0.2, 0.25) is 11.8 Å². The average molecular weight is 713 g/mol. The number of nitrogens with zero attached hydrogens (tertiary/aromatic N) is 5. The molecule has 4 fully saturated rings. The molecule has 276 valence electrons. The van der Waals surface area contributed by atoms with Crippen LogP contribution < -0.4 is 11.5 Å². The topological polar surface area (TPSA) is 155 Å². The minimum Gasteiger partial charge on any atom is -0.342 e. The van der Waals surface area contributed by atoms with Gasteiger partial charge in [0.25, 0.3) is 0 Å². The number of nitrogens with two attached hydrogens (primary N) is 2. The van der Waals surface area contributed by atoms with Crippen LogP contribution in [0.15, 0.2) is 65.9 Å². The highest BCUT2D eigenvalue weighted by atomic mass is 16.2. The molecule has 53 heavy (non-hydrogen) atoms. The molecule has 0 bridgehead atoms. The van der Waals surface area contributed by atoms with E-state index in [4.69, 9.17) is 21.9 Å². The Kier molecular flexibility index (Phi) is 9.39. The number of fused-ring (bicyclic) bond motifs is 2. The molecule has 4 aromatic rings. The molecule has 2 unspecified atom stereocenters. The van der Waals surface area contributed by atoms with Crippen molar-refractivity contribution >= 4 is 46.0 Å². The van der Waals surface area contributed by atoms with Crippen LogP contribution >= 0.6 is 0 Å². The Bertz CT molecular complexity index is 2090. The number of hydrogen-bond acceptors (Lipinski definition) is 8. The lowest BCUT2D eigenvalue weighted by molar-refractivity contribution is -0.134. The summed E-state index contributed by atoms with van der Waals surface area (Å²) in [6, 6.07) is 16.5. The predicted octanol–water partition coefficient (Wildman–Crippen LogP) is 5.79. The number of piperidine rings is 2. The van der Waals surface area contributed by atoms with Gasteiger partial charge in [-0.25, -0.2) is 0 Å². The van der Waals surface area contributed by atoms with Gasteiger partial charge in [-0.1, -0.05) is 43.3 Å². The van der Waals surface area contributed by atoms with Gasteiger partial charge in [-0.2, -0.15) is 0 Å². The molecule has 0 spiro atoms. The van der Waals surface area contributed by atoms with E-state index < -0.39 is 5.54 Å². The highest BCUT2D eigenvalue weighted by Crippen LogP contribution is 2.50. The van der Waals surface area contributed by atoms with Gasteiger partial charge in [0.1, 0.15) is 0 Å². The lowest BCUT2D eigenvalue weighted by Crippen LogP contribution is -2.46. The summed E-state index contributed by atoms with van der Waals surface area (Å²) in [6.45, 7) is 4.99. The van der Waals surface area contributed by atoms with E-state index in [1.165, 1.54) is 17.3 Å². The number of carbonyl (C=O) groups excluding carboxylic acids is 2. The molecule has 10 heteroatoms. The van der Waals surface area contributed by atoms with Gasteiger partial charge < -0.3 is 26.7 Å². The summed E-state index contributed by atoms with van der Waals surface area (Å²) in [4.78, 5) is 45.4. The molecule has 5 N–H and O–H groups in total. The fourth-order valence-electron chi connectivity index (χ4n) is 9.57. The third-order valence-corrected chi connectivity index (χ3v) is 12.6. The molecular formula is C43H52N8O2. The number of nitrogens with one attached hydrogen (secondary N) is 1. The molecular weight excluding hydrogens is 661 g/mol. The summed E-state index contributed by atoms with van der Waals surface area (Å²) in [7, 11) is 1.77. The van der Waals surface area contributed by atoms with Crippen molar-refractivity contribution in [2.75, 3.05) is 33.2 Å². The summed E-state index contributed by atoms with van der Waals surface area (Å²) >= 11 is 0. The molecule has 4 aliphatic rings. The average Bonchev–Trinajstić information content (AvgIpc) is 4.05. The molecule has 8 rings (SSSR count). The van der Waals surface area contributed by atoms with E-state index in [1.54, 1.807) is 13.2 Å². The number of rotatable bonds is 10. The number of carbonyl (C=O) groups is 2. The van der Waals surface area contributed by atoms with Gasteiger partial charge in [-0.3, -0.25) is 24.5 Å². The molecule has 10 nitrogen and oxygen atoms in total. The van der Waals surface area contributed by atoms with Crippen molar-refractivity contribution < 1.29 is 9.59 Å². The number of amides is 2. The number of aromatic nitrogens is 2. The van der Waals surface area contributed by atoms with Crippen LogP contribution in [-0.2, 0) is 9.59 Å². The smallest absolute Gasteiger partial charge is 0.224 e. The van der Waals surface area contributed by atoms with Gasteiger partial charge in [0.15, 0.2) is 0 Å². The van der Waals surface area contributed by atoms with E-state index in [0.29, 0.717) is 38.4 Å². The predicted molar refractivity (Wildman–Crippen MR) is 210 cm³/mol. The lowest BCUT2D eigenvalue weighted by atomic mass is 9.80. The fraction of sp³-hybridized carbons (Fsp3) is 0.488. The first kappa shape index (κ1) is 35.5. The van der Waals surface area contributed by atoms with Crippen LogP contribution in [0.2, 0.25) is 0 Å². The number of benzene rings is 2. The van der Waals surface area contributed by atoms with E-state index in [1.807, 2.05) is 35.5 Å². The second-order valence-electron chi connectivity index (χ2n) is 16.8. The molecule has 4 heterocycles. The number of hydrogen-bond donors (Lipinski definition) is 3. The van der Waals surface area contributed by atoms with Gasteiger partial charge in [0.05, 0.1) is 11.0 Å². The summed E-state index contributed by atoms with van der Waals surface area (Å²) in [5.41, 5.74) is 18.6. The third-order valence-electron chi connectivity index (χ3n) is 12.6. The van der Waals surface area contributed by atoms with E-state index >= 15 is 0 Å². The van der Waals surface area contributed by atoms with Crippen LogP contribution in [0.25, 0.3) is 21.8 Å². The van der Waals surface area contributed by atoms with Crippen LogP contribution in [0.1, 0.15) is 92.4 Å². The maximum Gasteiger partial charge on any atom is 0.224 e. The van der Waals surface area contributed by atoms with E-state index in [-0.39, 0.29) is 41.0 Å². The highest BCUT2D eigenvalue weighted by Gasteiger charge is 2.54. The van der Waals surface area contributed by atoms with Crippen molar-refractivity contribution in [3.05, 3.63) is 83.2 Å². The largest absolute Gasteiger partial charge is 0.342 e. The molecule has 2 aromatic heterocycles. The minimum absolute atomic E-state index is 0.135. The lowest BCUT2D eigenvalue weighted by Gasteiger charge is -2.39. The molecule has 2 aliphatic carbocycles. The van der Waals surface area contributed by atoms with E-state index in [2.05, 4.69) is 52.1 Å². The fourth-order valence-corrected chi connectivity index (χ4v) is 9.57. The molecule has 2 saturated carbocycles. The van der Waals surface area contributed by atoms with Gasteiger partial charge >= 0.3 is 0 Å². The van der Waals surface area contributed by atoms with Crippen LogP contribution in [-0.4, -0.2) is 88.3 Å². The van der Waals surface area contributed by atoms with Gasteiger partial charge in [-0.15, -0.1) is 0 Å². The Morgan fingerprint density at radius 2 is 1.45 bits per heavy atom. The third kappa shape index (κ3) is 7.23.